The lowest BCUT2D eigenvalue weighted by molar-refractivity contribution is 0.116. The Kier molecular flexibility index (Phi) is 4.42. The van der Waals surface area contributed by atoms with E-state index in [1.165, 1.54) is 6.07 Å². The fourth-order valence-electron chi connectivity index (χ4n) is 3.02. The number of pyridine rings is 1. The average molecular weight is 314 g/mol. The van der Waals surface area contributed by atoms with Gasteiger partial charge in [0, 0.05) is 31.7 Å². The minimum Gasteiger partial charge on any atom is -0.325 e. The summed E-state index contributed by atoms with van der Waals surface area (Å²) in [7, 11) is 0. The molecule has 5 nitrogen and oxygen atoms in total. The number of nitrogens with zero attached hydrogens (tertiary/aromatic N) is 3. The van der Waals surface area contributed by atoms with Gasteiger partial charge in [-0.15, -0.1) is 0 Å². The van der Waals surface area contributed by atoms with Gasteiger partial charge in [0.15, 0.2) is 0 Å². The van der Waals surface area contributed by atoms with Gasteiger partial charge in [-0.1, -0.05) is 6.07 Å². The second kappa shape index (κ2) is 6.49. The summed E-state index contributed by atoms with van der Waals surface area (Å²) in [6, 6.07) is 10.3. The first-order valence-corrected chi connectivity index (χ1v) is 7.74. The molecule has 0 spiro atoms. The van der Waals surface area contributed by atoms with Gasteiger partial charge in [-0.3, -0.25) is 9.69 Å². The zero-order valence-electron chi connectivity index (χ0n) is 12.8. The van der Waals surface area contributed by atoms with E-state index >= 15 is 0 Å². The third kappa shape index (κ3) is 3.26. The monoisotopic (exact) mass is 314 g/mol. The summed E-state index contributed by atoms with van der Waals surface area (Å²) in [5, 5.41) is 9.96. The van der Waals surface area contributed by atoms with E-state index in [1.54, 1.807) is 22.8 Å². The first-order chi connectivity index (χ1) is 11.1. The van der Waals surface area contributed by atoms with Gasteiger partial charge in [0.2, 0.25) is 0 Å². The van der Waals surface area contributed by atoms with E-state index in [0.717, 1.165) is 17.4 Å². The van der Waals surface area contributed by atoms with Gasteiger partial charge >= 0.3 is 0 Å². The Labute approximate surface area is 133 Å². The largest absolute Gasteiger partial charge is 0.325 e. The van der Waals surface area contributed by atoms with Crippen molar-refractivity contribution in [1.29, 1.82) is 5.26 Å². The van der Waals surface area contributed by atoms with Crippen LogP contribution < -0.4 is 11.3 Å². The van der Waals surface area contributed by atoms with Crippen LogP contribution in [0.2, 0.25) is 0 Å². The molecule has 1 aliphatic heterocycles. The third-order valence-corrected chi connectivity index (χ3v) is 4.44. The topological polar surface area (TPSA) is 75.0 Å². The van der Waals surface area contributed by atoms with Crippen molar-refractivity contribution in [2.45, 2.75) is 25.2 Å². The van der Waals surface area contributed by atoms with E-state index in [2.05, 4.69) is 6.07 Å². The highest BCUT2D eigenvalue weighted by Gasteiger charge is 2.25. The summed E-state index contributed by atoms with van der Waals surface area (Å²) in [4.78, 5) is 14.2. The maximum atomic E-state index is 13.7. The molecular weight excluding hydrogens is 295 g/mol. The lowest BCUT2D eigenvalue weighted by atomic mass is 10.0. The Balaban J connectivity index is 1.83. The van der Waals surface area contributed by atoms with Crippen LogP contribution in [0.5, 0.6) is 0 Å². The van der Waals surface area contributed by atoms with Crippen LogP contribution in [-0.2, 0) is 6.54 Å². The normalized spacial score (nSPS) is 22.1. The number of halogens is 1. The first-order valence-electron chi connectivity index (χ1n) is 7.74. The van der Waals surface area contributed by atoms with Gasteiger partial charge in [0.25, 0.3) is 5.56 Å². The average Bonchev–Trinajstić information content (AvgIpc) is 2.56. The number of hydrogen-bond acceptors (Lipinski definition) is 4. The summed E-state index contributed by atoms with van der Waals surface area (Å²) in [6.45, 7) is 2.10. The number of likely N-dealkylation sites (tertiary alicyclic amines) is 1. The molecule has 1 aliphatic rings. The van der Waals surface area contributed by atoms with E-state index in [9.17, 15) is 9.18 Å². The summed E-state index contributed by atoms with van der Waals surface area (Å²) in [6.07, 6.45) is -0.386. The summed E-state index contributed by atoms with van der Waals surface area (Å²) in [5.74, 6) is 0. The second-order valence-corrected chi connectivity index (χ2v) is 5.98. The van der Waals surface area contributed by atoms with Crippen molar-refractivity contribution in [1.82, 2.24) is 9.47 Å². The van der Waals surface area contributed by atoms with Gasteiger partial charge in [-0.25, -0.2) is 4.39 Å². The molecule has 2 N–H and O–H groups in total. The number of piperidine rings is 1. The molecule has 2 atom stereocenters. The van der Waals surface area contributed by atoms with E-state index in [4.69, 9.17) is 11.0 Å². The zero-order chi connectivity index (χ0) is 16.4. The fourth-order valence-corrected chi connectivity index (χ4v) is 3.02. The summed E-state index contributed by atoms with van der Waals surface area (Å²) < 4.78 is 15.4. The molecule has 0 aliphatic carbocycles. The summed E-state index contributed by atoms with van der Waals surface area (Å²) in [5.41, 5.74) is 6.83. The van der Waals surface area contributed by atoms with Gasteiger partial charge in [0.1, 0.15) is 6.17 Å². The molecule has 2 aromatic rings. The number of benzene rings is 1. The smallest absolute Gasteiger partial charge is 0.251 e. The quantitative estimate of drug-likeness (QED) is 0.925. The van der Waals surface area contributed by atoms with Gasteiger partial charge in [-0.05, 0) is 36.6 Å². The standard InChI is InChI=1S/C17H19FN4O/c18-14-11-21(6-5-15(14)20)7-8-22-16-9-12(10-19)1-2-13(16)3-4-17(22)23/h1-4,9,14-15H,5-8,11,20H2/t14-,15-/m1/s1. The molecule has 3 rings (SSSR count). The number of nitriles is 1. The number of nitrogens with two attached hydrogens (primary N) is 1. The molecule has 1 fully saturated rings. The van der Waals surface area contributed by atoms with Crippen molar-refractivity contribution in [3.63, 3.8) is 0 Å². The highest BCUT2D eigenvalue weighted by Crippen LogP contribution is 2.15. The van der Waals surface area contributed by atoms with Crippen LogP contribution in [0, 0.1) is 11.3 Å². The van der Waals surface area contributed by atoms with E-state index < -0.39 is 6.17 Å². The fraction of sp³-hybridized carbons (Fsp3) is 0.412. The molecule has 0 saturated carbocycles. The maximum Gasteiger partial charge on any atom is 0.251 e. The highest BCUT2D eigenvalue weighted by molar-refractivity contribution is 5.80. The molecule has 6 heteroatoms. The molecule has 1 aromatic heterocycles. The van der Waals surface area contributed by atoms with Crippen LogP contribution in [0.3, 0.4) is 0 Å². The Morgan fingerprint density at radius 1 is 1.30 bits per heavy atom. The minimum absolute atomic E-state index is 0.113. The number of hydrogen-bond donors (Lipinski definition) is 1. The Morgan fingerprint density at radius 2 is 2.09 bits per heavy atom. The van der Waals surface area contributed by atoms with E-state index in [-0.39, 0.29) is 11.6 Å². The minimum atomic E-state index is -1.02. The van der Waals surface area contributed by atoms with Gasteiger partial charge in [-0.2, -0.15) is 5.26 Å². The summed E-state index contributed by atoms with van der Waals surface area (Å²) >= 11 is 0. The Hall–Kier alpha value is -2.23. The molecule has 0 amide bonds. The number of rotatable bonds is 3. The van der Waals surface area contributed by atoms with Crippen LogP contribution in [0.15, 0.2) is 35.1 Å². The molecular formula is C17H19FN4O. The van der Waals surface area contributed by atoms with E-state index in [0.29, 0.717) is 31.6 Å². The maximum absolute atomic E-state index is 13.7. The van der Waals surface area contributed by atoms with Crippen molar-refractivity contribution in [2.75, 3.05) is 19.6 Å². The molecule has 1 aromatic carbocycles. The van der Waals surface area contributed by atoms with Crippen molar-refractivity contribution >= 4 is 10.9 Å². The second-order valence-electron chi connectivity index (χ2n) is 5.98. The highest BCUT2D eigenvalue weighted by atomic mass is 19.1. The zero-order valence-corrected chi connectivity index (χ0v) is 12.8. The number of alkyl halides is 1. The van der Waals surface area contributed by atoms with Gasteiger partial charge in [0.05, 0.1) is 17.1 Å². The molecule has 2 heterocycles. The molecule has 0 bridgehead atoms. The molecule has 120 valence electrons. The van der Waals surface area contributed by atoms with Crippen LogP contribution in [-0.4, -0.2) is 41.3 Å². The Morgan fingerprint density at radius 3 is 2.83 bits per heavy atom. The molecule has 23 heavy (non-hydrogen) atoms. The number of fused-ring (bicyclic) bond motifs is 1. The van der Waals surface area contributed by atoms with E-state index in [1.807, 2.05) is 11.0 Å². The first kappa shape index (κ1) is 15.7. The SMILES string of the molecule is N#Cc1ccc2ccc(=O)n(CCN3CC[C@@H](N)[C@H](F)C3)c2c1. The Bertz CT molecular complexity index is 810. The van der Waals surface area contributed by atoms with Crippen molar-refractivity contribution in [3.05, 3.63) is 46.2 Å². The lowest BCUT2D eigenvalue weighted by Gasteiger charge is -2.32. The van der Waals surface area contributed by atoms with Crippen molar-refractivity contribution in [2.24, 2.45) is 5.73 Å². The van der Waals surface area contributed by atoms with Crippen LogP contribution >= 0.6 is 0 Å². The van der Waals surface area contributed by atoms with Gasteiger partial charge < -0.3 is 10.3 Å². The third-order valence-electron chi connectivity index (χ3n) is 4.44. The van der Waals surface area contributed by atoms with Crippen molar-refractivity contribution < 1.29 is 4.39 Å². The van der Waals surface area contributed by atoms with Crippen LogP contribution in [0.25, 0.3) is 10.9 Å². The van der Waals surface area contributed by atoms with Crippen LogP contribution in [0.4, 0.5) is 4.39 Å². The molecule has 0 unspecified atom stereocenters. The number of aromatic nitrogens is 1. The van der Waals surface area contributed by atoms with Crippen LogP contribution in [0.1, 0.15) is 12.0 Å². The lowest BCUT2D eigenvalue weighted by Crippen LogP contribution is -2.49. The predicted molar refractivity (Wildman–Crippen MR) is 86.9 cm³/mol. The molecule has 0 radical (unpaired) electrons. The predicted octanol–water partition coefficient (Wildman–Crippen LogP) is 1.24. The molecule has 1 saturated heterocycles. The van der Waals surface area contributed by atoms with Crippen molar-refractivity contribution in [3.8, 4) is 6.07 Å².